The molecule has 1 heterocycles. The van der Waals surface area contributed by atoms with E-state index in [9.17, 15) is 8.42 Å². The molecule has 0 aromatic heterocycles. The molecule has 1 rings (SSSR count). The number of hydrogen-bond acceptors (Lipinski definition) is 3. The first-order valence-corrected chi connectivity index (χ1v) is 8.01. The van der Waals surface area contributed by atoms with E-state index in [2.05, 4.69) is 12.2 Å². The van der Waals surface area contributed by atoms with Gasteiger partial charge in [0.25, 0.3) is 0 Å². The Bertz CT molecular complexity index is 328. The first kappa shape index (κ1) is 13.7. The lowest BCUT2D eigenvalue weighted by atomic mass is 10.3. The molecule has 0 amide bonds. The van der Waals surface area contributed by atoms with Gasteiger partial charge in [0.1, 0.15) is 0 Å². The van der Waals surface area contributed by atoms with Crippen molar-refractivity contribution in [2.24, 2.45) is 0 Å². The highest BCUT2D eigenvalue weighted by molar-refractivity contribution is 7.91. The van der Waals surface area contributed by atoms with Gasteiger partial charge in [-0.15, -0.1) is 0 Å². The predicted octanol–water partition coefficient (Wildman–Crippen LogP) is 0.782. The molecule has 6 heteroatoms. The lowest BCUT2D eigenvalue weighted by Crippen LogP contribution is -2.41. The van der Waals surface area contributed by atoms with Gasteiger partial charge in [0.2, 0.25) is 0 Å². The summed E-state index contributed by atoms with van der Waals surface area (Å²) in [5, 5.41) is 3.87. The molecular formula is C10H20N2O2S2. The maximum atomic E-state index is 11.4. The quantitative estimate of drug-likeness (QED) is 0.603. The highest BCUT2D eigenvalue weighted by atomic mass is 32.2. The van der Waals surface area contributed by atoms with Crippen LogP contribution in [-0.4, -0.2) is 49.6 Å². The lowest BCUT2D eigenvalue weighted by Gasteiger charge is -2.23. The minimum Gasteiger partial charge on any atom is -0.363 e. The molecule has 1 aliphatic heterocycles. The van der Waals surface area contributed by atoms with Crippen LogP contribution in [-0.2, 0) is 9.84 Å². The molecule has 0 atom stereocenters. The van der Waals surface area contributed by atoms with E-state index in [1.54, 1.807) is 0 Å². The van der Waals surface area contributed by atoms with Crippen molar-refractivity contribution in [1.29, 1.82) is 0 Å². The molecule has 0 spiro atoms. The average Bonchev–Trinajstić information content (AvgIpc) is 2.39. The van der Waals surface area contributed by atoms with Gasteiger partial charge in [0.05, 0.1) is 11.5 Å². The van der Waals surface area contributed by atoms with Gasteiger partial charge in [-0.3, -0.25) is 0 Å². The molecular weight excluding hydrogens is 244 g/mol. The summed E-state index contributed by atoms with van der Waals surface area (Å²) >= 11 is 5.24. The normalized spacial score (nSPS) is 20.2. The van der Waals surface area contributed by atoms with Gasteiger partial charge in [0, 0.05) is 19.6 Å². The maximum Gasteiger partial charge on any atom is 0.168 e. The average molecular weight is 264 g/mol. The molecule has 0 aromatic rings. The fraction of sp³-hybridized carbons (Fsp3) is 0.900. The topological polar surface area (TPSA) is 49.4 Å². The first-order chi connectivity index (χ1) is 7.55. The monoisotopic (exact) mass is 264 g/mol. The summed E-state index contributed by atoms with van der Waals surface area (Å²) in [6, 6.07) is 0. The smallest absolute Gasteiger partial charge is 0.168 e. The Labute approximate surface area is 103 Å². The summed E-state index contributed by atoms with van der Waals surface area (Å²) in [4.78, 5) is 1.97. The Balaban J connectivity index is 2.39. The van der Waals surface area contributed by atoms with Gasteiger partial charge >= 0.3 is 0 Å². The van der Waals surface area contributed by atoms with Crippen LogP contribution in [0.25, 0.3) is 0 Å². The Morgan fingerprint density at radius 1 is 1.38 bits per heavy atom. The van der Waals surface area contributed by atoms with E-state index in [0.717, 1.165) is 25.9 Å². The number of hydrogen-bond donors (Lipinski definition) is 1. The van der Waals surface area contributed by atoms with E-state index >= 15 is 0 Å². The molecule has 1 saturated heterocycles. The van der Waals surface area contributed by atoms with Crippen molar-refractivity contribution < 1.29 is 8.42 Å². The Kier molecular flexibility index (Phi) is 5.48. The van der Waals surface area contributed by atoms with Crippen molar-refractivity contribution in [1.82, 2.24) is 10.2 Å². The summed E-state index contributed by atoms with van der Waals surface area (Å²) in [5.74, 6) is 0.518. The number of thiocarbonyl (C=S) groups is 1. The van der Waals surface area contributed by atoms with Gasteiger partial charge in [-0.25, -0.2) is 8.42 Å². The fourth-order valence-electron chi connectivity index (χ4n) is 1.63. The van der Waals surface area contributed by atoms with Gasteiger partial charge in [0.15, 0.2) is 14.9 Å². The summed E-state index contributed by atoms with van der Waals surface area (Å²) < 4.78 is 22.8. The van der Waals surface area contributed by atoms with Crippen LogP contribution >= 0.6 is 12.2 Å². The van der Waals surface area contributed by atoms with Gasteiger partial charge in [-0.1, -0.05) is 13.3 Å². The largest absolute Gasteiger partial charge is 0.363 e. The summed E-state index contributed by atoms with van der Waals surface area (Å²) in [6.45, 7) is 4.28. The molecule has 1 fully saturated rings. The number of nitrogens with one attached hydrogen (secondary N) is 1. The molecule has 0 radical (unpaired) electrons. The van der Waals surface area contributed by atoms with E-state index < -0.39 is 9.84 Å². The van der Waals surface area contributed by atoms with Crippen molar-refractivity contribution in [2.45, 2.75) is 26.2 Å². The standard InChI is InChI=1S/C10H20N2O2S2/c1-2-3-5-11-10(15)12-6-4-8-16(13,14)9-7-12/h2-9H2,1H3,(H,11,15). The third kappa shape index (κ3) is 4.65. The third-order valence-corrected chi connectivity index (χ3v) is 4.77. The second-order valence-electron chi connectivity index (χ2n) is 4.08. The summed E-state index contributed by atoms with van der Waals surface area (Å²) in [6.07, 6.45) is 2.90. The number of unbranched alkanes of at least 4 members (excludes halogenated alkanes) is 1. The zero-order valence-electron chi connectivity index (χ0n) is 9.74. The number of sulfone groups is 1. The highest BCUT2D eigenvalue weighted by Crippen LogP contribution is 2.05. The molecule has 0 saturated carbocycles. The van der Waals surface area contributed by atoms with E-state index in [4.69, 9.17) is 12.2 Å². The zero-order valence-corrected chi connectivity index (χ0v) is 11.4. The second kappa shape index (κ2) is 6.39. The van der Waals surface area contributed by atoms with E-state index in [-0.39, 0.29) is 5.75 Å². The summed E-state index contributed by atoms with van der Waals surface area (Å²) in [5.41, 5.74) is 0. The van der Waals surface area contributed by atoms with Gasteiger partial charge < -0.3 is 10.2 Å². The van der Waals surface area contributed by atoms with Crippen LogP contribution in [0.4, 0.5) is 0 Å². The van der Waals surface area contributed by atoms with Crippen LogP contribution in [0, 0.1) is 0 Å². The highest BCUT2D eigenvalue weighted by Gasteiger charge is 2.20. The third-order valence-electron chi connectivity index (χ3n) is 2.65. The lowest BCUT2D eigenvalue weighted by molar-refractivity contribution is 0.441. The van der Waals surface area contributed by atoms with Crippen molar-refractivity contribution in [2.75, 3.05) is 31.1 Å². The minimum absolute atomic E-state index is 0.225. The fourth-order valence-corrected chi connectivity index (χ4v) is 3.18. The zero-order chi connectivity index (χ0) is 12.0. The van der Waals surface area contributed by atoms with Crippen molar-refractivity contribution in [3.05, 3.63) is 0 Å². The second-order valence-corrected chi connectivity index (χ2v) is 6.77. The molecule has 1 aliphatic rings. The van der Waals surface area contributed by atoms with Crippen LogP contribution in [0.3, 0.4) is 0 Å². The molecule has 16 heavy (non-hydrogen) atoms. The van der Waals surface area contributed by atoms with Crippen molar-refractivity contribution >= 4 is 27.2 Å². The molecule has 4 nitrogen and oxygen atoms in total. The van der Waals surface area contributed by atoms with Gasteiger partial charge in [-0.2, -0.15) is 0 Å². The Hall–Kier alpha value is -0.360. The molecule has 1 N–H and O–H groups in total. The van der Waals surface area contributed by atoms with E-state index in [0.29, 0.717) is 23.8 Å². The van der Waals surface area contributed by atoms with Crippen molar-refractivity contribution in [3.8, 4) is 0 Å². The molecule has 0 unspecified atom stereocenters. The first-order valence-electron chi connectivity index (χ1n) is 5.78. The van der Waals surface area contributed by atoms with E-state index in [1.165, 1.54) is 0 Å². The predicted molar refractivity (Wildman–Crippen MR) is 70.4 cm³/mol. The van der Waals surface area contributed by atoms with Crippen LogP contribution in [0.15, 0.2) is 0 Å². The van der Waals surface area contributed by atoms with Gasteiger partial charge in [-0.05, 0) is 25.1 Å². The van der Waals surface area contributed by atoms with Crippen LogP contribution in [0.5, 0.6) is 0 Å². The van der Waals surface area contributed by atoms with Crippen LogP contribution < -0.4 is 5.32 Å². The maximum absolute atomic E-state index is 11.4. The number of nitrogens with zero attached hydrogens (tertiary/aromatic N) is 1. The van der Waals surface area contributed by atoms with Crippen LogP contribution in [0.1, 0.15) is 26.2 Å². The Morgan fingerprint density at radius 3 is 2.81 bits per heavy atom. The Morgan fingerprint density at radius 2 is 2.12 bits per heavy atom. The molecule has 0 aliphatic carbocycles. The molecule has 94 valence electrons. The van der Waals surface area contributed by atoms with Crippen LogP contribution in [0.2, 0.25) is 0 Å². The SMILES string of the molecule is CCCCNC(=S)N1CCCS(=O)(=O)CC1. The molecule has 0 aromatic carbocycles. The summed E-state index contributed by atoms with van der Waals surface area (Å²) in [7, 11) is -2.84. The van der Waals surface area contributed by atoms with Crippen molar-refractivity contribution in [3.63, 3.8) is 0 Å². The minimum atomic E-state index is -2.84. The number of rotatable bonds is 3. The molecule has 0 bridgehead atoms. The van der Waals surface area contributed by atoms with E-state index in [1.807, 2.05) is 4.90 Å².